The molecule has 6 heteroatoms. The van der Waals surface area contributed by atoms with Gasteiger partial charge in [-0.05, 0) is 18.2 Å². The maximum absolute atomic E-state index is 9.29. The second kappa shape index (κ2) is 5.97. The number of aliphatic hydroxyl groups is 1. The number of hydrogen-bond donors (Lipinski definition) is 1. The van der Waals surface area contributed by atoms with Crippen molar-refractivity contribution in [2.75, 3.05) is 7.11 Å². The lowest BCUT2D eigenvalue weighted by atomic mass is 10.1. The van der Waals surface area contributed by atoms with E-state index in [1.165, 1.54) is 7.11 Å². The number of aromatic nitrogens is 1. The summed E-state index contributed by atoms with van der Waals surface area (Å²) in [5.41, 5.74) is 2.00. The number of methoxy groups -OCH3 is 1. The molecular formula is C13H10Cl3NO2. The van der Waals surface area contributed by atoms with Gasteiger partial charge in [-0.2, -0.15) is 0 Å². The third kappa shape index (κ3) is 2.95. The van der Waals surface area contributed by atoms with E-state index in [9.17, 15) is 5.11 Å². The lowest BCUT2D eigenvalue weighted by molar-refractivity contribution is 0.271. The van der Waals surface area contributed by atoms with Crippen molar-refractivity contribution in [3.05, 3.63) is 45.0 Å². The highest BCUT2D eigenvalue weighted by Gasteiger charge is 2.11. The molecule has 0 amide bonds. The zero-order chi connectivity index (χ0) is 14.0. The van der Waals surface area contributed by atoms with Gasteiger partial charge in [0.2, 0.25) is 5.88 Å². The van der Waals surface area contributed by atoms with Crippen LogP contribution in [-0.4, -0.2) is 17.2 Å². The number of hydrogen-bond acceptors (Lipinski definition) is 3. The SMILES string of the molecule is COc1ncc(-c2cc(Cl)c(Cl)cc2Cl)cc1CO. The third-order valence-electron chi connectivity index (χ3n) is 2.61. The molecule has 0 bridgehead atoms. The molecule has 1 N–H and O–H groups in total. The van der Waals surface area contributed by atoms with Crippen LogP contribution in [0.5, 0.6) is 5.88 Å². The summed E-state index contributed by atoms with van der Waals surface area (Å²) >= 11 is 18.0. The van der Waals surface area contributed by atoms with Crippen LogP contribution in [0.25, 0.3) is 11.1 Å². The minimum Gasteiger partial charge on any atom is -0.481 e. The number of rotatable bonds is 3. The number of nitrogens with zero attached hydrogens (tertiary/aromatic N) is 1. The molecule has 1 aromatic carbocycles. The van der Waals surface area contributed by atoms with Gasteiger partial charge in [0.05, 0.1) is 28.8 Å². The highest BCUT2D eigenvalue weighted by molar-refractivity contribution is 6.44. The number of aliphatic hydroxyl groups excluding tert-OH is 1. The first-order valence-corrected chi connectivity index (χ1v) is 6.49. The molecule has 19 heavy (non-hydrogen) atoms. The molecule has 0 saturated heterocycles. The van der Waals surface area contributed by atoms with Crippen molar-refractivity contribution < 1.29 is 9.84 Å². The lowest BCUT2D eigenvalue weighted by Crippen LogP contribution is -1.96. The number of benzene rings is 1. The summed E-state index contributed by atoms with van der Waals surface area (Å²) in [4.78, 5) is 4.12. The molecule has 0 aliphatic carbocycles. The average Bonchev–Trinajstić information content (AvgIpc) is 2.42. The van der Waals surface area contributed by atoms with Crippen molar-refractivity contribution in [3.8, 4) is 17.0 Å². The molecule has 0 saturated carbocycles. The van der Waals surface area contributed by atoms with E-state index in [0.717, 1.165) is 5.56 Å². The Bertz CT molecular complexity index is 617. The predicted octanol–water partition coefficient (Wildman–Crippen LogP) is 4.21. The smallest absolute Gasteiger partial charge is 0.218 e. The van der Waals surface area contributed by atoms with E-state index in [2.05, 4.69) is 4.98 Å². The van der Waals surface area contributed by atoms with E-state index >= 15 is 0 Å². The number of pyridine rings is 1. The summed E-state index contributed by atoms with van der Waals surface area (Å²) in [6, 6.07) is 4.98. The standard InChI is InChI=1S/C13H10Cl3NO2/c1-19-13-8(6-18)2-7(5-17-13)9-3-11(15)12(16)4-10(9)14/h2-5,18H,6H2,1H3. The van der Waals surface area contributed by atoms with Crippen molar-refractivity contribution in [1.82, 2.24) is 4.98 Å². The van der Waals surface area contributed by atoms with Crippen molar-refractivity contribution in [2.45, 2.75) is 6.61 Å². The van der Waals surface area contributed by atoms with Crippen molar-refractivity contribution in [3.63, 3.8) is 0 Å². The van der Waals surface area contributed by atoms with Crippen molar-refractivity contribution in [2.24, 2.45) is 0 Å². The Morgan fingerprint density at radius 3 is 2.42 bits per heavy atom. The quantitative estimate of drug-likeness (QED) is 0.862. The number of halogens is 3. The van der Waals surface area contributed by atoms with Crippen molar-refractivity contribution in [1.29, 1.82) is 0 Å². The largest absolute Gasteiger partial charge is 0.481 e. The van der Waals surface area contributed by atoms with E-state index < -0.39 is 0 Å². The Labute approximate surface area is 125 Å². The van der Waals surface area contributed by atoms with Gasteiger partial charge in [0.25, 0.3) is 0 Å². The lowest BCUT2D eigenvalue weighted by Gasteiger charge is -2.10. The van der Waals surface area contributed by atoms with Crippen LogP contribution in [0.3, 0.4) is 0 Å². The monoisotopic (exact) mass is 317 g/mol. The third-order valence-corrected chi connectivity index (χ3v) is 3.64. The van der Waals surface area contributed by atoms with E-state index in [-0.39, 0.29) is 6.61 Å². The van der Waals surface area contributed by atoms with Gasteiger partial charge in [0.15, 0.2) is 0 Å². The van der Waals surface area contributed by atoms with Crippen LogP contribution < -0.4 is 4.74 Å². The average molecular weight is 319 g/mol. The first-order valence-electron chi connectivity index (χ1n) is 5.35. The normalized spacial score (nSPS) is 10.6. The first kappa shape index (κ1) is 14.4. The van der Waals surface area contributed by atoms with Crippen molar-refractivity contribution >= 4 is 34.8 Å². The van der Waals surface area contributed by atoms with Gasteiger partial charge >= 0.3 is 0 Å². The topological polar surface area (TPSA) is 42.4 Å². The Balaban J connectivity index is 2.56. The Morgan fingerprint density at radius 2 is 1.79 bits per heavy atom. The Hall–Kier alpha value is -1.00. The molecule has 100 valence electrons. The summed E-state index contributed by atoms with van der Waals surface area (Å²) in [7, 11) is 1.49. The summed E-state index contributed by atoms with van der Waals surface area (Å²) in [6.45, 7) is -0.178. The fraction of sp³-hybridized carbons (Fsp3) is 0.154. The zero-order valence-corrected chi connectivity index (χ0v) is 12.2. The molecule has 2 rings (SSSR count). The van der Waals surface area contributed by atoms with E-state index in [0.29, 0.717) is 32.1 Å². The van der Waals surface area contributed by atoms with Gasteiger partial charge < -0.3 is 9.84 Å². The number of ether oxygens (including phenoxy) is 1. The van der Waals surface area contributed by atoms with Gasteiger partial charge in [0.1, 0.15) is 0 Å². The molecule has 0 spiro atoms. The highest BCUT2D eigenvalue weighted by Crippen LogP contribution is 2.36. The zero-order valence-electron chi connectivity index (χ0n) is 9.95. The summed E-state index contributed by atoms with van der Waals surface area (Å²) < 4.78 is 5.05. The fourth-order valence-corrected chi connectivity index (χ4v) is 2.34. The van der Waals surface area contributed by atoms with Crippen LogP contribution in [0, 0.1) is 0 Å². The van der Waals surface area contributed by atoms with E-state index in [1.54, 1.807) is 24.4 Å². The van der Waals surface area contributed by atoms with Gasteiger partial charge in [-0.3, -0.25) is 0 Å². The molecule has 0 aliphatic rings. The fourth-order valence-electron chi connectivity index (χ4n) is 1.69. The maximum Gasteiger partial charge on any atom is 0.218 e. The molecule has 3 nitrogen and oxygen atoms in total. The second-order valence-corrected chi connectivity index (χ2v) is 5.02. The van der Waals surface area contributed by atoms with Crippen LogP contribution in [0.15, 0.2) is 24.4 Å². The predicted molar refractivity (Wildman–Crippen MR) is 77.2 cm³/mol. The van der Waals surface area contributed by atoms with E-state index in [4.69, 9.17) is 39.5 Å². The highest BCUT2D eigenvalue weighted by atomic mass is 35.5. The molecule has 0 radical (unpaired) electrons. The van der Waals surface area contributed by atoms with Crippen LogP contribution in [0.2, 0.25) is 15.1 Å². The second-order valence-electron chi connectivity index (χ2n) is 3.80. The molecule has 0 unspecified atom stereocenters. The molecule has 1 aromatic heterocycles. The minimum absolute atomic E-state index is 0.178. The molecule has 0 atom stereocenters. The summed E-state index contributed by atoms with van der Waals surface area (Å²) in [5.74, 6) is 0.377. The molecule has 2 aromatic rings. The Kier molecular flexibility index (Phi) is 4.53. The van der Waals surface area contributed by atoms with Crippen LogP contribution in [0.4, 0.5) is 0 Å². The molecule has 1 heterocycles. The van der Waals surface area contributed by atoms with Crippen LogP contribution in [0.1, 0.15) is 5.56 Å². The first-order chi connectivity index (χ1) is 9.06. The molecular weight excluding hydrogens is 309 g/mol. The maximum atomic E-state index is 9.29. The van der Waals surface area contributed by atoms with Crippen LogP contribution >= 0.6 is 34.8 Å². The Morgan fingerprint density at radius 1 is 1.11 bits per heavy atom. The van der Waals surface area contributed by atoms with Gasteiger partial charge in [-0.1, -0.05) is 34.8 Å². The molecule has 0 fully saturated rings. The van der Waals surface area contributed by atoms with Crippen LogP contribution in [-0.2, 0) is 6.61 Å². The minimum atomic E-state index is -0.178. The van der Waals surface area contributed by atoms with E-state index in [1.807, 2.05) is 0 Å². The summed E-state index contributed by atoms with van der Waals surface area (Å²) in [6.07, 6.45) is 1.60. The van der Waals surface area contributed by atoms with Gasteiger partial charge in [-0.25, -0.2) is 4.98 Å². The summed E-state index contributed by atoms with van der Waals surface area (Å²) in [5, 5.41) is 10.5. The van der Waals surface area contributed by atoms with Gasteiger partial charge in [0, 0.05) is 22.9 Å². The van der Waals surface area contributed by atoms with Gasteiger partial charge in [-0.15, -0.1) is 0 Å². The molecule has 0 aliphatic heterocycles.